The highest BCUT2D eigenvalue weighted by atomic mass is 16.5. The molecule has 0 spiro atoms. The van der Waals surface area contributed by atoms with Crippen LogP contribution in [0.2, 0.25) is 0 Å². The standard InChI is InChI=1S/C13H24O/c1-10(2)13(11(3,4)5)9-8-12(6,7)14-13/h1,8-9H2,2-7H3. The molecule has 0 aliphatic carbocycles. The summed E-state index contributed by atoms with van der Waals surface area (Å²) >= 11 is 0. The minimum absolute atomic E-state index is 0.00618. The first-order chi connectivity index (χ1) is 6.11. The molecule has 1 aliphatic heterocycles. The van der Waals surface area contributed by atoms with Crippen LogP contribution in [0, 0.1) is 5.41 Å². The fourth-order valence-electron chi connectivity index (χ4n) is 2.52. The van der Waals surface area contributed by atoms with Gasteiger partial charge in [0, 0.05) is 0 Å². The number of rotatable bonds is 1. The van der Waals surface area contributed by atoms with Gasteiger partial charge in [-0.3, -0.25) is 0 Å². The van der Waals surface area contributed by atoms with Crippen LogP contribution in [0.25, 0.3) is 0 Å². The van der Waals surface area contributed by atoms with Gasteiger partial charge in [-0.05, 0) is 44.6 Å². The fourth-order valence-corrected chi connectivity index (χ4v) is 2.52. The first-order valence-corrected chi connectivity index (χ1v) is 5.47. The maximum Gasteiger partial charge on any atom is 0.0942 e. The van der Waals surface area contributed by atoms with E-state index < -0.39 is 0 Å². The van der Waals surface area contributed by atoms with Crippen molar-refractivity contribution in [1.29, 1.82) is 0 Å². The van der Waals surface area contributed by atoms with Crippen LogP contribution in [0.15, 0.2) is 12.2 Å². The quantitative estimate of drug-likeness (QED) is 0.577. The predicted molar refractivity (Wildman–Crippen MR) is 61.4 cm³/mol. The summed E-state index contributed by atoms with van der Waals surface area (Å²) < 4.78 is 6.26. The summed E-state index contributed by atoms with van der Waals surface area (Å²) in [4.78, 5) is 0. The van der Waals surface area contributed by atoms with E-state index in [0.29, 0.717) is 0 Å². The summed E-state index contributed by atoms with van der Waals surface area (Å²) in [5.41, 5.74) is 1.17. The summed E-state index contributed by atoms with van der Waals surface area (Å²) in [6.07, 6.45) is 2.22. The van der Waals surface area contributed by atoms with Crippen LogP contribution in [0.1, 0.15) is 54.4 Å². The van der Waals surface area contributed by atoms with E-state index in [1.165, 1.54) is 0 Å². The SMILES string of the molecule is C=C(C)C1(C(C)(C)C)CCC(C)(C)O1. The zero-order chi connectivity index (χ0) is 11.2. The van der Waals surface area contributed by atoms with Crippen molar-refractivity contribution >= 4 is 0 Å². The summed E-state index contributed by atoms with van der Waals surface area (Å²) in [6, 6.07) is 0. The van der Waals surface area contributed by atoms with Gasteiger partial charge in [0.05, 0.1) is 11.2 Å². The molecule has 1 aliphatic rings. The smallest absolute Gasteiger partial charge is 0.0942 e. The molecule has 1 unspecified atom stereocenters. The van der Waals surface area contributed by atoms with Gasteiger partial charge in [0.25, 0.3) is 0 Å². The van der Waals surface area contributed by atoms with Crippen molar-refractivity contribution in [2.24, 2.45) is 5.41 Å². The molecule has 0 aromatic heterocycles. The molecule has 0 aromatic carbocycles. The Bertz CT molecular complexity index is 244. The van der Waals surface area contributed by atoms with Gasteiger partial charge in [0.2, 0.25) is 0 Å². The third-order valence-electron chi connectivity index (χ3n) is 3.43. The molecule has 0 radical (unpaired) electrons. The van der Waals surface area contributed by atoms with E-state index in [2.05, 4.69) is 48.1 Å². The average Bonchev–Trinajstić information content (AvgIpc) is 2.25. The lowest BCUT2D eigenvalue weighted by Gasteiger charge is -2.43. The largest absolute Gasteiger partial charge is 0.364 e. The number of hydrogen-bond acceptors (Lipinski definition) is 1. The van der Waals surface area contributed by atoms with Gasteiger partial charge in [0.15, 0.2) is 0 Å². The predicted octanol–water partition coefficient (Wildman–Crippen LogP) is 3.94. The highest BCUT2D eigenvalue weighted by molar-refractivity contribution is 5.19. The monoisotopic (exact) mass is 196 g/mol. The molecule has 1 heteroatoms. The normalized spacial score (nSPS) is 31.9. The summed E-state index contributed by atoms with van der Waals surface area (Å²) in [5, 5.41) is 0. The van der Waals surface area contributed by atoms with Crippen LogP contribution in [0.3, 0.4) is 0 Å². The van der Waals surface area contributed by atoms with Crippen LogP contribution in [-0.4, -0.2) is 11.2 Å². The molecule has 1 rings (SSSR count). The van der Waals surface area contributed by atoms with Crippen LogP contribution in [-0.2, 0) is 4.74 Å². The Morgan fingerprint density at radius 2 is 1.71 bits per heavy atom. The minimum Gasteiger partial charge on any atom is -0.364 e. The molecule has 1 fully saturated rings. The number of hydrogen-bond donors (Lipinski definition) is 0. The lowest BCUT2D eigenvalue weighted by molar-refractivity contribution is -0.117. The Morgan fingerprint density at radius 1 is 1.21 bits per heavy atom. The highest BCUT2D eigenvalue weighted by Crippen LogP contribution is 2.51. The molecule has 0 amide bonds. The molecule has 82 valence electrons. The molecule has 0 bridgehead atoms. The zero-order valence-corrected chi connectivity index (χ0v) is 10.5. The molecular formula is C13H24O. The molecule has 1 nitrogen and oxygen atoms in total. The van der Waals surface area contributed by atoms with Crippen molar-refractivity contribution < 1.29 is 4.74 Å². The molecule has 1 saturated heterocycles. The topological polar surface area (TPSA) is 9.23 Å². The minimum atomic E-state index is -0.128. The molecule has 14 heavy (non-hydrogen) atoms. The Labute approximate surface area is 88.5 Å². The third kappa shape index (κ3) is 1.75. The van der Waals surface area contributed by atoms with Crippen LogP contribution in [0.5, 0.6) is 0 Å². The molecule has 0 N–H and O–H groups in total. The van der Waals surface area contributed by atoms with Crippen molar-refractivity contribution in [2.75, 3.05) is 0 Å². The average molecular weight is 196 g/mol. The van der Waals surface area contributed by atoms with Gasteiger partial charge in [-0.25, -0.2) is 0 Å². The molecule has 1 atom stereocenters. The maximum atomic E-state index is 6.26. The first-order valence-electron chi connectivity index (χ1n) is 5.47. The van der Waals surface area contributed by atoms with Gasteiger partial charge < -0.3 is 4.74 Å². The fraction of sp³-hybridized carbons (Fsp3) is 0.846. The van der Waals surface area contributed by atoms with E-state index in [0.717, 1.165) is 18.4 Å². The lowest BCUT2D eigenvalue weighted by atomic mass is 9.71. The Morgan fingerprint density at radius 3 is 1.86 bits per heavy atom. The maximum absolute atomic E-state index is 6.26. The zero-order valence-electron chi connectivity index (χ0n) is 10.5. The van der Waals surface area contributed by atoms with E-state index in [1.807, 2.05) is 0 Å². The second-order valence-corrected chi connectivity index (χ2v) is 6.22. The third-order valence-corrected chi connectivity index (χ3v) is 3.43. The van der Waals surface area contributed by atoms with Gasteiger partial charge in [-0.1, -0.05) is 27.4 Å². The van der Waals surface area contributed by atoms with Crippen molar-refractivity contribution in [1.82, 2.24) is 0 Å². The van der Waals surface area contributed by atoms with Crippen LogP contribution < -0.4 is 0 Å². The summed E-state index contributed by atoms with van der Waals surface area (Å²) in [7, 11) is 0. The summed E-state index contributed by atoms with van der Waals surface area (Å²) in [6.45, 7) is 17.3. The van der Waals surface area contributed by atoms with Crippen LogP contribution >= 0.6 is 0 Å². The molecule has 0 saturated carbocycles. The van der Waals surface area contributed by atoms with E-state index in [9.17, 15) is 0 Å². The lowest BCUT2D eigenvalue weighted by Crippen LogP contribution is -2.45. The van der Waals surface area contributed by atoms with E-state index >= 15 is 0 Å². The van der Waals surface area contributed by atoms with Crippen molar-refractivity contribution in [3.05, 3.63) is 12.2 Å². The second-order valence-electron chi connectivity index (χ2n) is 6.22. The van der Waals surface area contributed by atoms with Gasteiger partial charge >= 0.3 is 0 Å². The van der Waals surface area contributed by atoms with E-state index in [-0.39, 0.29) is 16.6 Å². The second kappa shape index (κ2) is 3.10. The van der Waals surface area contributed by atoms with Gasteiger partial charge in [0.1, 0.15) is 0 Å². The first kappa shape index (κ1) is 11.8. The van der Waals surface area contributed by atoms with E-state index in [1.54, 1.807) is 0 Å². The van der Waals surface area contributed by atoms with Crippen LogP contribution in [0.4, 0.5) is 0 Å². The van der Waals surface area contributed by atoms with Gasteiger partial charge in [-0.15, -0.1) is 0 Å². The van der Waals surface area contributed by atoms with Gasteiger partial charge in [-0.2, -0.15) is 0 Å². The van der Waals surface area contributed by atoms with Crippen molar-refractivity contribution in [2.45, 2.75) is 65.6 Å². The van der Waals surface area contributed by atoms with Crippen molar-refractivity contribution in [3.63, 3.8) is 0 Å². The Hall–Kier alpha value is -0.300. The summed E-state index contributed by atoms with van der Waals surface area (Å²) in [5.74, 6) is 0. The Kier molecular flexibility index (Phi) is 2.60. The Balaban J connectivity index is 3.05. The number of ether oxygens (including phenoxy) is 1. The highest BCUT2D eigenvalue weighted by Gasteiger charge is 2.51. The molecule has 0 aromatic rings. The van der Waals surface area contributed by atoms with E-state index in [4.69, 9.17) is 4.74 Å². The molecule has 1 heterocycles. The molecular weight excluding hydrogens is 172 g/mol. The van der Waals surface area contributed by atoms with Crippen molar-refractivity contribution in [3.8, 4) is 0 Å².